The van der Waals surface area contributed by atoms with Crippen LogP contribution in [0.3, 0.4) is 0 Å². The summed E-state index contributed by atoms with van der Waals surface area (Å²) in [5.41, 5.74) is 0.694. The third-order valence-electron chi connectivity index (χ3n) is 3.44. The average Bonchev–Trinajstić information content (AvgIpc) is 2.71. The Morgan fingerprint density at radius 3 is 2.35 bits per heavy atom. The number of carbonyl (C=O) groups excluding carboxylic acids is 1. The number of ketones is 1. The van der Waals surface area contributed by atoms with Crippen molar-refractivity contribution in [1.82, 2.24) is 0 Å². The minimum absolute atomic E-state index is 0.131. The van der Waals surface area contributed by atoms with Gasteiger partial charge in [-0.1, -0.05) is 62.2 Å². The largest absolute Gasteiger partial charge is 0.413 e. The van der Waals surface area contributed by atoms with Crippen LogP contribution in [0.4, 0.5) is 13.2 Å². The van der Waals surface area contributed by atoms with Crippen molar-refractivity contribution in [2.75, 3.05) is 5.33 Å². The fraction of sp³-hybridized carbons (Fsp3) is 0.235. The maximum atomic E-state index is 13.2. The lowest BCUT2D eigenvalue weighted by Gasteiger charge is -2.12. The Hall–Kier alpha value is -1.14. The number of carbonyl (C=O) groups is 1. The second-order valence-corrected chi connectivity index (χ2v) is 6.54. The maximum Gasteiger partial charge on any atom is 0.413 e. The smallest absolute Gasteiger partial charge is 0.293 e. The first-order valence-corrected chi connectivity index (χ1v) is 8.73. The van der Waals surface area contributed by atoms with Crippen LogP contribution >= 0.6 is 31.9 Å². The van der Waals surface area contributed by atoms with Crippen molar-refractivity contribution in [3.63, 3.8) is 0 Å². The van der Waals surface area contributed by atoms with Gasteiger partial charge in [0.05, 0.1) is 5.33 Å². The van der Waals surface area contributed by atoms with E-state index in [0.29, 0.717) is 6.42 Å². The number of halogens is 5. The van der Waals surface area contributed by atoms with Crippen LogP contribution in [-0.4, -0.2) is 17.3 Å². The highest BCUT2D eigenvalue weighted by atomic mass is 79.9. The van der Waals surface area contributed by atoms with Gasteiger partial charge in [0, 0.05) is 15.6 Å². The maximum absolute atomic E-state index is 13.2. The van der Waals surface area contributed by atoms with E-state index in [9.17, 15) is 18.0 Å². The van der Waals surface area contributed by atoms with Gasteiger partial charge in [0.25, 0.3) is 0 Å². The fourth-order valence-electron chi connectivity index (χ4n) is 2.27. The minimum Gasteiger partial charge on any atom is -0.293 e. The van der Waals surface area contributed by atoms with Crippen LogP contribution in [0.15, 0.2) is 63.7 Å². The molecule has 23 heavy (non-hydrogen) atoms. The SMILES string of the molecule is O=C(CBr)C1=C(C(F)(F)F)CC=C(Cc2ccc(Br)cc2)C=C1. The monoisotopic (exact) mass is 448 g/mol. The second kappa shape index (κ2) is 7.62. The van der Waals surface area contributed by atoms with Crippen LogP contribution in [0.5, 0.6) is 0 Å². The van der Waals surface area contributed by atoms with Crippen molar-refractivity contribution in [3.05, 3.63) is 69.2 Å². The molecule has 1 nitrogen and oxygen atoms in total. The Morgan fingerprint density at radius 1 is 1.13 bits per heavy atom. The zero-order valence-corrected chi connectivity index (χ0v) is 15.1. The number of Topliss-reactive ketones (excluding diaryl/α,β-unsaturated/α-hetero) is 1. The lowest BCUT2D eigenvalue weighted by molar-refractivity contribution is -0.115. The van der Waals surface area contributed by atoms with E-state index in [0.717, 1.165) is 15.6 Å². The molecular formula is C17H13Br2F3O. The van der Waals surface area contributed by atoms with Gasteiger partial charge in [-0.15, -0.1) is 0 Å². The molecule has 1 aliphatic rings. The number of rotatable bonds is 4. The van der Waals surface area contributed by atoms with Crippen LogP contribution in [0.1, 0.15) is 12.0 Å². The highest BCUT2D eigenvalue weighted by Crippen LogP contribution is 2.34. The van der Waals surface area contributed by atoms with E-state index in [1.165, 1.54) is 12.2 Å². The van der Waals surface area contributed by atoms with Crippen molar-refractivity contribution in [3.8, 4) is 0 Å². The van der Waals surface area contributed by atoms with Crippen molar-refractivity contribution in [2.45, 2.75) is 19.0 Å². The Bertz CT molecular complexity index is 683. The molecule has 0 N–H and O–H groups in total. The van der Waals surface area contributed by atoms with Crippen molar-refractivity contribution < 1.29 is 18.0 Å². The Balaban J connectivity index is 2.27. The summed E-state index contributed by atoms with van der Waals surface area (Å²) >= 11 is 6.28. The van der Waals surface area contributed by atoms with Crippen molar-refractivity contribution in [2.24, 2.45) is 0 Å². The molecule has 1 aliphatic carbocycles. The summed E-state index contributed by atoms with van der Waals surface area (Å²) in [5, 5.41) is -0.131. The molecule has 0 unspecified atom stereocenters. The molecule has 0 heterocycles. The average molecular weight is 450 g/mol. The summed E-state index contributed by atoms with van der Waals surface area (Å²) in [6.07, 6.45) is 0.124. The molecule has 0 radical (unpaired) electrons. The molecular weight excluding hydrogens is 437 g/mol. The topological polar surface area (TPSA) is 17.1 Å². The number of hydrogen-bond donors (Lipinski definition) is 0. The van der Waals surface area contributed by atoms with E-state index in [1.807, 2.05) is 24.3 Å². The number of alkyl halides is 4. The second-order valence-electron chi connectivity index (χ2n) is 5.07. The molecule has 0 aromatic heterocycles. The lowest BCUT2D eigenvalue weighted by atomic mass is 10.0. The fourth-order valence-corrected chi connectivity index (χ4v) is 2.84. The third-order valence-corrected chi connectivity index (χ3v) is 4.48. The molecule has 6 heteroatoms. The Labute approximate surface area is 149 Å². The lowest BCUT2D eigenvalue weighted by Crippen LogP contribution is -2.17. The number of hydrogen-bond acceptors (Lipinski definition) is 1. The summed E-state index contributed by atoms with van der Waals surface area (Å²) in [4.78, 5) is 11.8. The first kappa shape index (κ1) is 18.2. The molecule has 0 fully saturated rings. The van der Waals surface area contributed by atoms with Gasteiger partial charge >= 0.3 is 6.18 Å². The number of allylic oxidation sites excluding steroid dienone is 6. The van der Waals surface area contributed by atoms with E-state index >= 15 is 0 Å². The first-order chi connectivity index (χ1) is 10.8. The molecule has 2 rings (SSSR count). The zero-order valence-electron chi connectivity index (χ0n) is 12.0. The van der Waals surface area contributed by atoms with E-state index in [4.69, 9.17) is 0 Å². The molecule has 0 saturated carbocycles. The summed E-state index contributed by atoms with van der Waals surface area (Å²) in [6, 6.07) is 7.59. The standard InChI is InChI=1S/C17H13Br2F3O/c18-10-16(23)14-7-3-12(4-8-15(14)17(20,21)22)9-11-1-5-13(19)6-2-11/h1-7H,8-10H2. The summed E-state index contributed by atoms with van der Waals surface area (Å²) in [7, 11) is 0. The van der Waals surface area contributed by atoms with Crippen LogP contribution in [-0.2, 0) is 11.2 Å². The molecule has 0 bridgehead atoms. The normalized spacial score (nSPS) is 15.4. The summed E-state index contributed by atoms with van der Waals surface area (Å²) in [6.45, 7) is 0. The third kappa shape index (κ3) is 4.91. The van der Waals surface area contributed by atoms with Crippen LogP contribution in [0.25, 0.3) is 0 Å². The molecule has 1 aromatic carbocycles. The summed E-state index contributed by atoms with van der Waals surface area (Å²) in [5.74, 6) is -0.563. The Kier molecular flexibility index (Phi) is 6.03. The van der Waals surface area contributed by atoms with Gasteiger partial charge in [0.1, 0.15) is 0 Å². The van der Waals surface area contributed by atoms with Gasteiger partial charge in [-0.25, -0.2) is 0 Å². The quantitative estimate of drug-likeness (QED) is 0.539. The minimum atomic E-state index is -4.51. The van der Waals surface area contributed by atoms with E-state index in [-0.39, 0.29) is 17.3 Å². The van der Waals surface area contributed by atoms with Crippen molar-refractivity contribution >= 4 is 37.6 Å². The zero-order chi connectivity index (χ0) is 17.0. The molecule has 0 aliphatic heterocycles. The van der Waals surface area contributed by atoms with Gasteiger partial charge in [-0.2, -0.15) is 13.2 Å². The molecule has 0 amide bonds. The number of benzene rings is 1. The van der Waals surface area contributed by atoms with Gasteiger partial charge in [0.2, 0.25) is 0 Å². The van der Waals surface area contributed by atoms with Crippen LogP contribution < -0.4 is 0 Å². The van der Waals surface area contributed by atoms with E-state index < -0.39 is 17.5 Å². The first-order valence-electron chi connectivity index (χ1n) is 6.82. The predicted octanol–water partition coefficient (Wildman–Crippen LogP) is 5.70. The van der Waals surface area contributed by atoms with Gasteiger partial charge in [-0.05, 0) is 36.1 Å². The van der Waals surface area contributed by atoms with E-state index in [1.54, 1.807) is 6.08 Å². The highest BCUT2D eigenvalue weighted by Gasteiger charge is 2.36. The Morgan fingerprint density at radius 2 is 1.78 bits per heavy atom. The van der Waals surface area contributed by atoms with Gasteiger partial charge in [0.15, 0.2) is 5.78 Å². The van der Waals surface area contributed by atoms with Gasteiger partial charge in [-0.3, -0.25) is 4.79 Å². The predicted molar refractivity (Wildman–Crippen MR) is 91.6 cm³/mol. The highest BCUT2D eigenvalue weighted by molar-refractivity contribution is 9.10. The molecule has 0 spiro atoms. The molecule has 122 valence electrons. The van der Waals surface area contributed by atoms with Crippen LogP contribution in [0.2, 0.25) is 0 Å². The van der Waals surface area contributed by atoms with Crippen LogP contribution in [0, 0.1) is 0 Å². The van der Waals surface area contributed by atoms with E-state index in [2.05, 4.69) is 31.9 Å². The molecule has 0 atom stereocenters. The molecule has 1 aromatic rings. The molecule has 0 saturated heterocycles. The van der Waals surface area contributed by atoms with Crippen molar-refractivity contribution in [1.29, 1.82) is 0 Å². The van der Waals surface area contributed by atoms with Gasteiger partial charge < -0.3 is 0 Å². The summed E-state index contributed by atoms with van der Waals surface area (Å²) < 4.78 is 40.5.